The van der Waals surface area contributed by atoms with Crippen molar-refractivity contribution in [2.45, 2.75) is 6.92 Å². The molecule has 0 aliphatic heterocycles. The number of nitrogens with two attached hydrogens (primary N) is 1. The first-order chi connectivity index (χ1) is 7.79. The fraction of sp³-hybridized carbons (Fsp3) is 0.400. The van der Waals surface area contributed by atoms with Crippen LogP contribution in [0.15, 0.2) is 16.6 Å². The van der Waals surface area contributed by atoms with Crippen LogP contribution in [0.4, 0.5) is 11.4 Å². The van der Waals surface area contributed by atoms with Crippen molar-refractivity contribution in [2.24, 2.45) is 0 Å². The molecule has 0 aromatic heterocycles. The Hall–Kier alpha value is -0.790. The fourth-order valence-corrected chi connectivity index (χ4v) is 2.24. The molecule has 0 bridgehead atoms. The van der Waals surface area contributed by atoms with Crippen LogP contribution < -0.4 is 15.8 Å². The second-order valence-corrected chi connectivity index (χ2v) is 6.47. The van der Waals surface area contributed by atoms with E-state index in [0.717, 1.165) is 27.7 Å². The lowest BCUT2D eigenvalue weighted by atomic mass is 10.2. The van der Waals surface area contributed by atoms with Gasteiger partial charge in [-0.05, 0) is 40.5 Å². The summed E-state index contributed by atoms with van der Waals surface area (Å²) in [6.45, 7) is 2.77. The molecule has 0 fully saturated rings. The Morgan fingerprint density at radius 3 is 2.59 bits per heavy atom. The summed E-state index contributed by atoms with van der Waals surface area (Å²) in [5.41, 5.74) is 8.35. The zero-order chi connectivity index (χ0) is 13.1. The standard InChI is InChI=1S/C10H16BrN3O2S/c1-7-5-10(8(11)6-9(7)12)13-3-4-14-17(2,15)16/h5-6,13-14H,3-4,12H2,1-2H3. The highest BCUT2D eigenvalue weighted by Crippen LogP contribution is 2.27. The highest BCUT2D eigenvalue weighted by molar-refractivity contribution is 9.10. The number of halogens is 1. The second-order valence-electron chi connectivity index (χ2n) is 3.78. The Bertz CT molecular complexity index is 503. The van der Waals surface area contributed by atoms with E-state index in [9.17, 15) is 8.42 Å². The van der Waals surface area contributed by atoms with E-state index in [2.05, 4.69) is 26.0 Å². The van der Waals surface area contributed by atoms with Crippen LogP contribution in [0.1, 0.15) is 5.56 Å². The maximum absolute atomic E-state index is 10.8. The molecule has 0 aliphatic rings. The Labute approximate surface area is 110 Å². The van der Waals surface area contributed by atoms with Crippen LogP contribution in [-0.2, 0) is 10.0 Å². The maximum atomic E-state index is 10.8. The van der Waals surface area contributed by atoms with E-state index in [0.29, 0.717) is 13.1 Å². The zero-order valence-corrected chi connectivity index (χ0v) is 12.2. The third-order valence-electron chi connectivity index (χ3n) is 2.16. The molecule has 0 atom stereocenters. The lowest BCUT2D eigenvalue weighted by molar-refractivity contribution is 0.589. The maximum Gasteiger partial charge on any atom is 0.208 e. The molecule has 7 heteroatoms. The number of hydrogen-bond donors (Lipinski definition) is 3. The van der Waals surface area contributed by atoms with Crippen molar-refractivity contribution >= 4 is 37.3 Å². The summed E-state index contributed by atoms with van der Waals surface area (Å²) in [7, 11) is -3.13. The normalized spacial score (nSPS) is 11.5. The Morgan fingerprint density at radius 2 is 2.00 bits per heavy atom. The molecule has 0 saturated carbocycles. The monoisotopic (exact) mass is 321 g/mol. The molecule has 0 spiro atoms. The third-order valence-corrected chi connectivity index (χ3v) is 3.55. The van der Waals surface area contributed by atoms with Crippen molar-refractivity contribution in [3.05, 3.63) is 22.2 Å². The van der Waals surface area contributed by atoms with Crippen molar-refractivity contribution in [1.29, 1.82) is 0 Å². The lowest BCUT2D eigenvalue weighted by Gasteiger charge is -2.11. The van der Waals surface area contributed by atoms with Crippen molar-refractivity contribution < 1.29 is 8.42 Å². The molecule has 0 radical (unpaired) electrons. The quantitative estimate of drug-likeness (QED) is 0.564. The molecule has 17 heavy (non-hydrogen) atoms. The van der Waals surface area contributed by atoms with Crippen LogP contribution in [0.25, 0.3) is 0 Å². The van der Waals surface area contributed by atoms with Gasteiger partial charge in [-0.15, -0.1) is 0 Å². The summed E-state index contributed by atoms with van der Waals surface area (Å²) in [5.74, 6) is 0. The Kier molecular flexibility index (Phi) is 4.79. The van der Waals surface area contributed by atoms with Gasteiger partial charge in [0.25, 0.3) is 0 Å². The molecule has 0 unspecified atom stereocenters. The molecule has 0 saturated heterocycles. The van der Waals surface area contributed by atoms with Crippen LogP contribution in [0.3, 0.4) is 0 Å². The molecular formula is C10H16BrN3O2S. The minimum Gasteiger partial charge on any atom is -0.398 e. The van der Waals surface area contributed by atoms with E-state index in [-0.39, 0.29) is 0 Å². The van der Waals surface area contributed by atoms with Crippen LogP contribution in [0, 0.1) is 6.92 Å². The van der Waals surface area contributed by atoms with Gasteiger partial charge in [0.15, 0.2) is 0 Å². The second kappa shape index (κ2) is 5.70. The van der Waals surface area contributed by atoms with Gasteiger partial charge in [-0.2, -0.15) is 0 Å². The van der Waals surface area contributed by atoms with Crippen LogP contribution in [0.5, 0.6) is 0 Å². The first kappa shape index (κ1) is 14.3. The predicted octanol–water partition coefficient (Wildman–Crippen LogP) is 1.30. The molecule has 0 heterocycles. The summed E-state index contributed by atoms with van der Waals surface area (Å²) in [5, 5.41) is 3.12. The Morgan fingerprint density at radius 1 is 1.35 bits per heavy atom. The van der Waals surface area contributed by atoms with E-state index >= 15 is 0 Å². The van der Waals surface area contributed by atoms with Gasteiger partial charge in [0.05, 0.1) is 6.26 Å². The zero-order valence-electron chi connectivity index (χ0n) is 9.75. The van der Waals surface area contributed by atoms with Gasteiger partial charge in [-0.25, -0.2) is 13.1 Å². The number of aryl methyl sites for hydroxylation is 1. The molecular weight excluding hydrogens is 306 g/mol. The van der Waals surface area contributed by atoms with Gasteiger partial charge in [0.2, 0.25) is 10.0 Å². The topological polar surface area (TPSA) is 84.2 Å². The summed E-state index contributed by atoms with van der Waals surface area (Å²) in [6.07, 6.45) is 1.14. The average molecular weight is 322 g/mol. The number of nitrogen functional groups attached to an aromatic ring is 1. The third kappa shape index (κ3) is 4.93. The molecule has 5 nitrogen and oxygen atoms in total. The Balaban J connectivity index is 2.55. The molecule has 96 valence electrons. The summed E-state index contributed by atoms with van der Waals surface area (Å²) in [4.78, 5) is 0. The number of nitrogens with one attached hydrogen (secondary N) is 2. The first-order valence-corrected chi connectivity index (χ1v) is 7.72. The highest BCUT2D eigenvalue weighted by Gasteiger charge is 2.04. The summed E-state index contributed by atoms with van der Waals surface area (Å²) in [6, 6.07) is 3.74. The number of sulfonamides is 1. The van der Waals surface area contributed by atoms with Gasteiger partial charge < -0.3 is 11.1 Å². The van der Waals surface area contributed by atoms with Gasteiger partial charge in [0.1, 0.15) is 0 Å². The molecule has 4 N–H and O–H groups in total. The fourth-order valence-electron chi connectivity index (χ4n) is 1.27. The van der Waals surface area contributed by atoms with Crippen LogP contribution >= 0.6 is 15.9 Å². The largest absolute Gasteiger partial charge is 0.398 e. The number of anilines is 2. The van der Waals surface area contributed by atoms with Crippen LogP contribution in [-0.4, -0.2) is 27.8 Å². The molecule has 1 aromatic rings. The van der Waals surface area contributed by atoms with Gasteiger partial charge >= 0.3 is 0 Å². The van der Waals surface area contributed by atoms with Crippen molar-refractivity contribution in [2.75, 3.05) is 30.4 Å². The smallest absolute Gasteiger partial charge is 0.208 e. The molecule has 1 rings (SSSR count). The number of rotatable bonds is 5. The van der Waals surface area contributed by atoms with Crippen molar-refractivity contribution in [3.8, 4) is 0 Å². The van der Waals surface area contributed by atoms with E-state index < -0.39 is 10.0 Å². The van der Waals surface area contributed by atoms with E-state index in [4.69, 9.17) is 5.73 Å². The highest BCUT2D eigenvalue weighted by atomic mass is 79.9. The SMILES string of the molecule is Cc1cc(NCCNS(C)(=O)=O)c(Br)cc1N. The lowest BCUT2D eigenvalue weighted by Crippen LogP contribution is -2.27. The van der Waals surface area contributed by atoms with Gasteiger partial charge in [0, 0.05) is 28.9 Å². The molecule has 0 amide bonds. The summed E-state index contributed by atoms with van der Waals surface area (Å²) >= 11 is 3.39. The first-order valence-electron chi connectivity index (χ1n) is 5.04. The molecule has 1 aromatic carbocycles. The minimum absolute atomic E-state index is 0.342. The van der Waals surface area contributed by atoms with E-state index in [1.54, 1.807) is 0 Å². The predicted molar refractivity (Wildman–Crippen MR) is 74.6 cm³/mol. The van der Waals surface area contributed by atoms with Crippen molar-refractivity contribution in [3.63, 3.8) is 0 Å². The van der Waals surface area contributed by atoms with E-state index in [1.807, 2.05) is 19.1 Å². The van der Waals surface area contributed by atoms with Crippen molar-refractivity contribution in [1.82, 2.24) is 4.72 Å². The van der Waals surface area contributed by atoms with Gasteiger partial charge in [-0.1, -0.05) is 0 Å². The molecule has 0 aliphatic carbocycles. The average Bonchev–Trinajstić information content (AvgIpc) is 2.18. The number of benzene rings is 1. The van der Waals surface area contributed by atoms with E-state index in [1.165, 1.54) is 0 Å². The van der Waals surface area contributed by atoms with Gasteiger partial charge in [-0.3, -0.25) is 0 Å². The minimum atomic E-state index is -3.13. The van der Waals surface area contributed by atoms with Crippen LogP contribution in [0.2, 0.25) is 0 Å². The number of hydrogen-bond acceptors (Lipinski definition) is 4. The summed E-state index contributed by atoms with van der Waals surface area (Å²) < 4.78 is 25.0.